The van der Waals surface area contributed by atoms with Gasteiger partial charge in [0.15, 0.2) is 0 Å². The summed E-state index contributed by atoms with van der Waals surface area (Å²) in [6, 6.07) is 0. The zero-order chi connectivity index (χ0) is 17.1. The summed E-state index contributed by atoms with van der Waals surface area (Å²) in [7, 11) is 0. The van der Waals surface area contributed by atoms with Crippen LogP contribution in [0.4, 0.5) is 0 Å². The largest absolute Gasteiger partial charge is 0.310 e. The van der Waals surface area contributed by atoms with Gasteiger partial charge in [0, 0.05) is 32.5 Å². The summed E-state index contributed by atoms with van der Waals surface area (Å²) in [6.07, 6.45) is 8.63. The van der Waals surface area contributed by atoms with Gasteiger partial charge in [-0.3, -0.25) is 9.69 Å². The van der Waals surface area contributed by atoms with Crippen molar-refractivity contribution in [3.05, 3.63) is 51.2 Å². The molecule has 1 aromatic heterocycles. The van der Waals surface area contributed by atoms with E-state index in [9.17, 15) is 4.79 Å². The maximum atomic E-state index is 12.4. The van der Waals surface area contributed by atoms with Gasteiger partial charge in [0.05, 0.1) is 11.3 Å². The third-order valence-electron chi connectivity index (χ3n) is 5.31. The van der Waals surface area contributed by atoms with E-state index in [0.29, 0.717) is 5.92 Å². The SMILES string of the molecule is C=C(C)C1CC=C(CN2CCc3nc(CCC)[nH]c(=O)c3C2)CC1. The normalized spacial score (nSPS) is 21.2. The van der Waals surface area contributed by atoms with E-state index in [4.69, 9.17) is 0 Å². The minimum atomic E-state index is 0.0631. The van der Waals surface area contributed by atoms with Gasteiger partial charge in [-0.2, -0.15) is 0 Å². The van der Waals surface area contributed by atoms with Gasteiger partial charge in [0.1, 0.15) is 5.82 Å². The molecule has 0 saturated heterocycles. The predicted octanol–water partition coefficient (Wildman–Crippen LogP) is 3.38. The van der Waals surface area contributed by atoms with Crippen molar-refractivity contribution in [1.82, 2.24) is 14.9 Å². The zero-order valence-electron chi connectivity index (χ0n) is 15.0. The Morgan fingerprint density at radius 2 is 2.29 bits per heavy atom. The molecule has 2 heterocycles. The standard InChI is InChI=1S/C20H29N3O/c1-4-5-19-21-18-10-11-23(13-17(18)20(24)22-19)12-15-6-8-16(9-7-15)14(2)3/h6,16H,2,4-5,7-13H2,1,3H3,(H,21,22,24). The molecule has 130 valence electrons. The number of aromatic nitrogens is 2. The van der Waals surface area contributed by atoms with Crippen LogP contribution in [0, 0.1) is 5.92 Å². The molecule has 0 radical (unpaired) electrons. The Hall–Kier alpha value is -1.68. The monoisotopic (exact) mass is 327 g/mol. The molecule has 3 rings (SSSR count). The second-order valence-electron chi connectivity index (χ2n) is 7.33. The van der Waals surface area contributed by atoms with Crippen LogP contribution >= 0.6 is 0 Å². The van der Waals surface area contributed by atoms with Crippen molar-refractivity contribution in [2.75, 3.05) is 13.1 Å². The minimum Gasteiger partial charge on any atom is -0.310 e. The molecule has 1 aliphatic carbocycles. The highest BCUT2D eigenvalue weighted by Crippen LogP contribution is 2.29. The molecular formula is C20H29N3O. The molecule has 0 amide bonds. The minimum absolute atomic E-state index is 0.0631. The second-order valence-corrected chi connectivity index (χ2v) is 7.33. The quantitative estimate of drug-likeness (QED) is 0.844. The van der Waals surface area contributed by atoms with Crippen molar-refractivity contribution >= 4 is 0 Å². The third kappa shape index (κ3) is 3.86. The second kappa shape index (κ2) is 7.47. The molecule has 4 nitrogen and oxygen atoms in total. The number of rotatable bonds is 5. The Bertz CT molecular complexity index is 701. The predicted molar refractivity (Wildman–Crippen MR) is 98.1 cm³/mol. The molecule has 0 bridgehead atoms. The fraction of sp³-hybridized carbons (Fsp3) is 0.600. The summed E-state index contributed by atoms with van der Waals surface area (Å²) in [6.45, 7) is 11.0. The fourth-order valence-electron chi connectivity index (χ4n) is 3.79. The Morgan fingerprint density at radius 3 is 2.96 bits per heavy atom. The Kier molecular flexibility index (Phi) is 5.34. The van der Waals surface area contributed by atoms with E-state index in [1.807, 2.05) is 0 Å². The molecule has 0 aromatic carbocycles. The van der Waals surface area contributed by atoms with Crippen molar-refractivity contribution in [2.24, 2.45) is 5.92 Å². The number of aryl methyl sites for hydroxylation is 1. The van der Waals surface area contributed by atoms with Crippen LogP contribution in [0.2, 0.25) is 0 Å². The number of allylic oxidation sites excluding steroid dienone is 2. The molecular weight excluding hydrogens is 298 g/mol. The highest BCUT2D eigenvalue weighted by Gasteiger charge is 2.23. The number of hydrogen-bond donors (Lipinski definition) is 1. The number of H-pyrrole nitrogens is 1. The lowest BCUT2D eigenvalue weighted by molar-refractivity contribution is 0.265. The van der Waals surface area contributed by atoms with Crippen LogP contribution < -0.4 is 5.56 Å². The van der Waals surface area contributed by atoms with Gasteiger partial charge in [-0.15, -0.1) is 0 Å². The fourth-order valence-corrected chi connectivity index (χ4v) is 3.79. The Morgan fingerprint density at radius 1 is 1.46 bits per heavy atom. The summed E-state index contributed by atoms with van der Waals surface area (Å²) in [4.78, 5) is 22.4. The van der Waals surface area contributed by atoms with Gasteiger partial charge >= 0.3 is 0 Å². The van der Waals surface area contributed by atoms with Crippen LogP contribution in [0.25, 0.3) is 0 Å². The van der Waals surface area contributed by atoms with Crippen molar-refractivity contribution in [3.8, 4) is 0 Å². The van der Waals surface area contributed by atoms with Crippen molar-refractivity contribution in [1.29, 1.82) is 0 Å². The van der Waals surface area contributed by atoms with E-state index < -0.39 is 0 Å². The van der Waals surface area contributed by atoms with Crippen LogP contribution in [-0.4, -0.2) is 28.0 Å². The van der Waals surface area contributed by atoms with E-state index in [1.54, 1.807) is 0 Å². The molecule has 0 saturated carbocycles. The summed E-state index contributed by atoms with van der Waals surface area (Å²) in [5.74, 6) is 1.50. The molecule has 0 spiro atoms. The van der Waals surface area contributed by atoms with E-state index in [2.05, 4.69) is 41.4 Å². The smallest absolute Gasteiger partial charge is 0.255 e. The number of nitrogens with one attached hydrogen (secondary N) is 1. The highest BCUT2D eigenvalue weighted by molar-refractivity contribution is 5.22. The van der Waals surface area contributed by atoms with Gasteiger partial charge in [0.25, 0.3) is 5.56 Å². The molecule has 0 fully saturated rings. The lowest BCUT2D eigenvalue weighted by Crippen LogP contribution is -2.37. The first kappa shape index (κ1) is 17.2. The molecule has 2 aliphatic rings. The van der Waals surface area contributed by atoms with Gasteiger partial charge in [-0.25, -0.2) is 4.98 Å². The molecule has 24 heavy (non-hydrogen) atoms. The zero-order valence-corrected chi connectivity index (χ0v) is 15.0. The first-order chi connectivity index (χ1) is 11.6. The molecule has 1 N–H and O–H groups in total. The van der Waals surface area contributed by atoms with Gasteiger partial charge in [-0.1, -0.05) is 30.7 Å². The lowest BCUT2D eigenvalue weighted by atomic mass is 9.85. The number of fused-ring (bicyclic) bond motifs is 1. The van der Waals surface area contributed by atoms with Crippen molar-refractivity contribution in [2.45, 2.75) is 58.9 Å². The lowest BCUT2D eigenvalue weighted by Gasteiger charge is -2.30. The summed E-state index contributed by atoms with van der Waals surface area (Å²) in [5.41, 5.74) is 4.77. The van der Waals surface area contributed by atoms with E-state index in [0.717, 1.165) is 68.8 Å². The van der Waals surface area contributed by atoms with Crippen LogP contribution in [0.5, 0.6) is 0 Å². The molecule has 1 atom stereocenters. The van der Waals surface area contributed by atoms with Gasteiger partial charge in [-0.05, 0) is 38.5 Å². The maximum absolute atomic E-state index is 12.4. The summed E-state index contributed by atoms with van der Waals surface area (Å²) >= 11 is 0. The van der Waals surface area contributed by atoms with Crippen LogP contribution in [0.15, 0.2) is 28.6 Å². The third-order valence-corrected chi connectivity index (χ3v) is 5.31. The molecule has 1 aliphatic heterocycles. The number of hydrogen-bond acceptors (Lipinski definition) is 3. The Labute approximate surface area is 144 Å². The van der Waals surface area contributed by atoms with E-state index in [-0.39, 0.29) is 5.56 Å². The number of nitrogens with zero attached hydrogens (tertiary/aromatic N) is 2. The van der Waals surface area contributed by atoms with E-state index >= 15 is 0 Å². The van der Waals surface area contributed by atoms with Gasteiger partial charge in [0.2, 0.25) is 0 Å². The summed E-state index contributed by atoms with van der Waals surface area (Å²) in [5, 5.41) is 0. The highest BCUT2D eigenvalue weighted by atomic mass is 16.1. The van der Waals surface area contributed by atoms with Gasteiger partial charge < -0.3 is 4.98 Å². The first-order valence-electron chi connectivity index (χ1n) is 9.23. The molecule has 4 heteroatoms. The van der Waals surface area contributed by atoms with Crippen LogP contribution in [0.3, 0.4) is 0 Å². The Balaban J connectivity index is 1.66. The van der Waals surface area contributed by atoms with Crippen LogP contribution in [-0.2, 0) is 19.4 Å². The average Bonchev–Trinajstić information content (AvgIpc) is 2.56. The molecule has 1 unspecified atom stereocenters. The first-order valence-corrected chi connectivity index (χ1v) is 9.23. The van der Waals surface area contributed by atoms with E-state index in [1.165, 1.54) is 17.6 Å². The van der Waals surface area contributed by atoms with Crippen molar-refractivity contribution in [3.63, 3.8) is 0 Å². The average molecular weight is 327 g/mol. The van der Waals surface area contributed by atoms with Crippen LogP contribution in [0.1, 0.15) is 56.6 Å². The topological polar surface area (TPSA) is 49.0 Å². The molecule has 1 aromatic rings. The summed E-state index contributed by atoms with van der Waals surface area (Å²) < 4.78 is 0. The number of aromatic amines is 1. The van der Waals surface area contributed by atoms with Crippen molar-refractivity contribution < 1.29 is 0 Å². The maximum Gasteiger partial charge on any atom is 0.255 e.